The molecule has 2 aromatic rings. The minimum absolute atomic E-state index is 0.0611. The Hall–Kier alpha value is -1.98. The largest absolute Gasteiger partial charge is 0.378 e. The zero-order valence-electron chi connectivity index (χ0n) is 14.1. The second kappa shape index (κ2) is 6.49. The van der Waals surface area contributed by atoms with Crippen LogP contribution in [0.15, 0.2) is 30.3 Å². The van der Waals surface area contributed by atoms with Crippen LogP contribution in [0.4, 0.5) is 5.82 Å². The standard InChI is InChI=1S/C19H24N4O/c1-24-17-12-23(11-10-15(17)20)19-14-8-5-9-16(14)21-18(22-19)13-6-3-2-4-7-13/h2-4,6-7,15,17H,5,8-12,20H2,1H3. The summed E-state index contributed by atoms with van der Waals surface area (Å²) in [6, 6.07) is 10.3. The van der Waals surface area contributed by atoms with Gasteiger partial charge in [-0.05, 0) is 25.7 Å². The lowest BCUT2D eigenvalue weighted by molar-refractivity contribution is 0.0727. The second-order valence-corrected chi connectivity index (χ2v) is 6.69. The summed E-state index contributed by atoms with van der Waals surface area (Å²) in [5.41, 5.74) is 9.78. The number of ether oxygens (including phenoxy) is 1. The molecule has 0 amide bonds. The first-order valence-corrected chi connectivity index (χ1v) is 8.75. The number of aromatic nitrogens is 2. The summed E-state index contributed by atoms with van der Waals surface area (Å²) in [7, 11) is 1.74. The van der Waals surface area contributed by atoms with E-state index in [1.54, 1.807) is 7.11 Å². The zero-order valence-corrected chi connectivity index (χ0v) is 14.1. The lowest BCUT2D eigenvalue weighted by Crippen LogP contribution is -2.52. The molecule has 1 aromatic carbocycles. The highest BCUT2D eigenvalue weighted by Gasteiger charge is 2.30. The third-order valence-electron chi connectivity index (χ3n) is 5.16. The van der Waals surface area contributed by atoms with Crippen molar-refractivity contribution in [2.45, 2.75) is 37.8 Å². The minimum atomic E-state index is 0.0611. The Morgan fingerprint density at radius 1 is 1.17 bits per heavy atom. The van der Waals surface area contributed by atoms with E-state index in [0.29, 0.717) is 0 Å². The molecule has 1 aliphatic heterocycles. The summed E-state index contributed by atoms with van der Waals surface area (Å²) in [5.74, 6) is 1.92. The lowest BCUT2D eigenvalue weighted by atomic mass is 10.0. The van der Waals surface area contributed by atoms with Crippen LogP contribution in [0.1, 0.15) is 24.1 Å². The van der Waals surface area contributed by atoms with Crippen LogP contribution in [-0.4, -0.2) is 42.3 Å². The Labute approximate surface area is 142 Å². The number of anilines is 1. The Morgan fingerprint density at radius 3 is 2.79 bits per heavy atom. The predicted molar refractivity (Wildman–Crippen MR) is 95.1 cm³/mol. The quantitative estimate of drug-likeness (QED) is 0.937. The van der Waals surface area contributed by atoms with Gasteiger partial charge in [0.15, 0.2) is 5.82 Å². The fourth-order valence-corrected chi connectivity index (χ4v) is 3.77. The first kappa shape index (κ1) is 15.5. The van der Waals surface area contributed by atoms with Crippen LogP contribution in [0.25, 0.3) is 11.4 Å². The van der Waals surface area contributed by atoms with Gasteiger partial charge in [-0.2, -0.15) is 0 Å². The number of piperidine rings is 1. The van der Waals surface area contributed by atoms with E-state index < -0.39 is 0 Å². The van der Waals surface area contributed by atoms with Crippen LogP contribution in [0.2, 0.25) is 0 Å². The van der Waals surface area contributed by atoms with Crippen LogP contribution in [0, 0.1) is 0 Å². The maximum Gasteiger partial charge on any atom is 0.161 e. The number of nitrogens with zero attached hydrogens (tertiary/aromatic N) is 3. The van der Waals surface area contributed by atoms with Crippen molar-refractivity contribution >= 4 is 5.82 Å². The maximum atomic E-state index is 6.18. The molecule has 0 saturated carbocycles. The number of fused-ring (bicyclic) bond motifs is 1. The first-order chi connectivity index (χ1) is 11.8. The monoisotopic (exact) mass is 324 g/mol. The fourth-order valence-electron chi connectivity index (χ4n) is 3.77. The van der Waals surface area contributed by atoms with E-state index in [-0.39, 0.29) is 12.1 Å². The second-order valence-electron chi connectivity index (χ2n) is 6.69. The van der Waals surface area contributed by atoms with Crippen molar-refractivity contribution in [3.63, 3.8) is 0 Å². The van der Waals surface area contributed by atoms with E-state index in [2.05, 4.69) is 17.0 Å². The van der Waals surface area contributed by atoms with Gasteiger partial charge in [0.2, 0.25) is 0 Å². The Bertz CT molecular complexity index is 719. The molecule has 2 heterocycles. The van der Waals surface area contributed by atoms with Gasteiger partial charge in [-0.25, -0.2) is 9.97 Å². The molecular formula is C19H24N4O. The van der Waals surface area contributed by atoms with Gasteiger partial charge in [-0.1, -0.05) is 30.3 Å². The number of aryl methyl sites for hydroxylation is 1. The van der Waals surface area contributed by atoms with Crippen molar-refractivity contribution in [1.82, 2.24) is 9.97 Å². The molecule has 5 heteroatoms. The van der Waals surface area contributed by atoms with Crippen molar-refractivity contribution in [3.05, 3.63) is 41.6 Å². The molecule has 0 spiro atoms. The van der Waals surface area contributed by atoms with Crippen molar-refractivity contribution in [2.75, 3.05) is 25.1 Å². The Kier molecular flexibility index (Phi) is 4.21. The maximum absolute atomic E-state index is 6.18. The van der Waals surface area contributed by atoms with Crippen LogP contribution < -0.4 is 10.6 Å². The number of benzene rings is 1. The van der Waals surface area contributed by atoms with Crippen molar-refractivity contribution in [1.29, 1.82) is 0 Å². The molecular weight excluding hydrogens is 300 g/mol. The van der Waals surface area contributed by atoms with Gasteiger partial charge < -0.3 is 15.4 Å². The fraction of sp³-hybridized carbons (Fsp3) is 0.474. The minimum Gasteiger partial charge on any atom is -0.378 e. The highest BCUT2D eigenvalue weighted by Crippen LogP contribution is 2.32. The summed E-state index contributed by atoms with van der Waals surface area (Å²) < 4.78 is 5.58. The molecule has 2 aliphatic rings. The van der Waals surface area contributed by atoms with Crippen molar-refractivity contribution in [2.24, 2.45) is 5.73 Å². The summed E-state index contributed by atoms with van der Waals surface area (Å²) >= 11 is 0. The molecule has 24 heavy (non-hydrogen) atoms. The highest BCUT2D eigenvalue weighted by molar-refractivity contribution is 5.61. The molecule has 0 radical (unpaired) electrons. The topological polar surface area (TPSA) is 64.3 Å². The molecule has 1 aromatic heterocycles. The van der Waals surface area contributed by atoms with E-state index in [1.807, 2.05) is 18.2 Å². The highest BCUT2D eigenvalue weighted by atomic mass is 16.5. The van der Waals surface area contributed by atoms with Gasteiger partial charge in [-0.3, -0.25) is 0 Å². The molecule has 1 saturated heterocycles. The van der Waals surface area contributed by atoms with Crippen LogP contribution in [0.3, 0.4) is 0 Å². The molecule has 2 atom stereocenters. The summed E-state index contributed by atoms with van der Waals surface area (Å²) in [4.78, 5) is 12.1. The summed E-state index contributed by atoms with van der Waals surface area (Å²) in [6.45, 7) is 1.73. The molecule has 1 aliphatic carbocycles. The Morgan fingerprint density at radius 2 is 2.00 bits per heavy atom. The van der Waals surface area contributed by atoms with E-state index in [1.165, 1.54) is 11.3 Å². The van der Waals surface area contributed by atoms with E-state index >= 15 is 0 Å². The molecule has 2 N–H and O–H groups in total. The van der Waals surface area contributed by atoms with E-state index in [9.17, 15) is 0 Å². The molecule has 4 rings (SSSR count). The smallest absolute Gasteiger partial charge is 0.161 e. The average Bonchev–Trinajstić information content (AvgIpc) is 3.11. The van der Waals surface area contributed by atoms with Gasteiger partial charge in [0.1, 0.15) is 5.82 Å². The van der Waals surface area contributed by atoms with Crippen LogP contribution in [-0.2, 0) is 17.6 Å². The molecule has 0 bridgehead atoms. The average molecular weight is 324 g/mol. The van der Waals surface area contributed by atoms with Gasteiger partial charge >= 0.3 is 0 Å². The molecule has 2 unspecified atom stereocenters. The number of hydrogen-bond donors (Lipinski definition) is 1. The number of methoxy groups -OCH3 is 1. The zero-order chi connectivity index (χ0) is 16.5. The molecule has 126 valence electrons. The molecule has 5 nitrogen and oxygen atoms in total. The first-order valence-electron chi connectivity index (χ1n) is 8.75. The predicted octanol–water partition coefficient (Wildman–Crippen LogP) is 2.18. The lowest BCUT2D eigenvalue weighted by Gasteiger charge is -2.37. The van der Waals surface area contributed by atoms with Gasteiger partial charge in [0.25, 0.3) is 0 Å². The van der Waals surface area contributed by atoms with Gasteiger partial charge in [-0.15, -0.1) is 0 Å². The summed E-state index contributed by atoms with van der Waals surface area (Å²) in [5, 5.41) is 0. The normalized spacial score (nSPS) is 23.3. The van der Waals surface area contributed by atoms with E-state index in [0.717, 1.165) is 56.0 Å². The number of nitrogens with two attached hydrogens (primary N) is 1. The SMILES string of the molecule is COC1CN(c2nc(-c3ccccc3)nc3c2CCC3)CCC1N. The third-order valence-corrected chi connectivity index (χ3v) is 5.16. The number of rotatable bonds is 3. The van der Waals surface area contributed by atoms with Gasteiger partial charge in [0, 0.05) is 43.1 Å². The molecule has 1 fully saturated rings. The van der Waals surface area contributed by atoms with Crippen molar-refractivity contribution in [3.8, 4) is 11.4 Å². The van der Waals surface area contributed by atoms with Crippen LogP contribution >= 0.6 is 0 Å². The Balaban J connectivity index is 1.73. The summed E-state index contributed by atoms with van der Waals surface area (Å²) in [6.07, 6.45) is 4.27. The third kappa shape index (κ3) is 2.78. The number of hydrogen-bond acceptors (Lipinski definition) is 5. The van der Waals surface area contributed by atoms with Gasteiger partial charge in [0.05, 0.1) is 6.10 Å². The van der Waals surface area contributed by atoms with Crippen LogP contribution in [0.5, 0.6) is 0 Å². The van der Waals surface area contributed by atoms with E-state index in [4.69, 9.17) is 20.4 Å². The van der Waals surface area contributed by atoms with Crippen molar-refractivity contribution < 1.29 is 4.74 Å².